The van der Waals surface area contributed by atoms with E-state index in [2.05, 4.69) is 5.32 Å². The zero-order valence-corrected chi connectivity index (χ0v) is 9.84. The van der Waals surface area contributed by atoms with Crippen LogP contribution in [0.1, 0.15) is 41.4 Å². The summed E-state index contributed by atoms with van der Waals surface area (Å²) in [6.07, 6.45) is 0.653. The summed E-state index contributed by atoms with van der Waals surface area (Å²) in [5.74, 6) is -1.02. The topological polar surface area (TPSA) is 89.3 Å². The van der Waals surface area contributed by atoms with E-state index in [0.29, 0.717) is 6.42 Å². The van der Waals surface area contributed by atoms with Crippen LogP contribution in [0.5, 0.6) is 0 Å². The highest BCUT2D eigenvalue weighted by molar-refractivity contribution is 5.89. The second kappa shape index (κ2) is 6.25. The normalized spacial score (nSPS) is 11.8. The van der Waals surface area contributed by atoms with Gasteiger partial charge in [0.1, 0.15) is 5.78 Å². The number of primary amides is 1. The quantitative estimate of drug-likeness (QED) is 0.662. The van der Waals surface area contributed by atoms with Crippen LogP contribution in [0.3, 0.4) is 0 Å². The van der Waals surface area contributed by atoms with E-state index in [4.69, 9.17) is 7.10 Å². The van der Waals surface area contributed by atoms with Crippen molar-refractivity contribution in [1.29, 1.82) is 0 Å². The smallest absolute Gasteiger partial charge is 0.236 e. The number of rotatable bonds is 7. The fourth-order valence-electron chi connectivity index (χ4n) is 0.979. The van der Waals surface area contributed by atoms with E-state index in [1.54, 1.807) is 13.8 Å². The minimum absolute atomic E-state index is 0.0426. The Balaban J connectivity index is 3.99. The van der Waals surface area contributed by atoms with Crippen LogP contribution in [0.2, 0.25) is 0 Å². The van der Waals surface area contributed by atoms with Crippen LogP contribution < -0.4 is 11.1 Å². The number of ketones is 1. The Morgan fingerprint density at radius 3 is 2.44 bits per heavy atom. The average molecular weight is 230 g/mol. The molecule has 0 aromatic heterocycles. The van der Waals surface area contributed by atoms with Gasteiger partial charge in [-0.25, -0.2) is 0 Å². The van der Waals surface area contributed by atoms with Gasteiger partial charge in [-0.1, -0.05) is 20.7 Å². The molecule has 5 nitrogen and oxygen atoms in total. The Morgan fingerprint density at radius 1 is 1.31 bits per heavy atom. The zero-order valence-electron chi connectivity index (χ0n) is 10.8. The molecule has 0 aliphatic heterocycles. The van der Waals surface area contributed by atoms with Gasteiger partial charge in [0.05, 0.1) is 6.54 Å². The number of carbonyl (C=O) groups is 3. The van der Waals surface area contributed by atoms with Crippen molar-refractivity contribution in [3.8, 4) is 0 Å². The molecule has 0 atom stereocenters. The van der Waals surface area contributed by atoms with Crippen LogP contribution in [0, 0.1) is 5.41 Å². The molecule has 0 aromatic rings. The second-order valence-electron chi connectivity index (χ2n) is 4.30. The molecule has 2 amide bonds. The fraction of sp³-hybridized carbons (Fsp3) is 0.727. The maximum Gasteiger partial charge on any atom is 0.236 e. The van der Waals surface area contributed by atoms with Crippen LogP contribution in [0.25, 0.3) is 0 Å². The molecule has 0 radical (unpaired) electrons. The van der Waals surface area contributed by atoms with Gasteiger partial charge >= 0.3 is 0 Å². The van der Waals surface area contributed by atoms with Gasteiger partial charge in [0.15, 0.2) is 0 Å². The highest BCUT2D eigenvalue weighted by Gasteiger charge is 2.25. The largest absolute Gasteiger partial charge is 0.368 e. The first kappa shape index (κ1) is 12.7. The lowest BCUT2D eigenvalue weighted by molar-refractivity contribution is -0.130. The summed E-state index contributed by atoms with van der Waals surface area (Å²) in [5.41, 5.74) is 4.30. The molecular formula is C11H20N2O3. The molecule has 0 bridgehead atoms. The predicted octanol–water partition coefficient (Wildman–Crippen LogP) is 0.373. The molecule has 0 aliphatic carbocycles. The maximum absolute atomic E-state index is 11.7. The Bertz CT molecular complexity index is 303. The average Bonchev–Trinajstić information content (AvgIpc) is 2.22. The number of hydrogen-bond acceptors (Lipinski definition) is 3. The monoisotopic (exact) mass is 230 g/mol. The van der Waals surface area contributed by atoms with E-state index in [-0.39, 0.29) is 38.0 Å². The molecule has 92 valence electrons. The van der Waals surface area contributed by atoms with Gasteiger partial charge in [0, 0.05) is 19.6 Å². The summed E-state index contributed by atoms with van der Waals surface area (Å²) in [7, 11) is 0. The molecular weight excluding hydrogens is 208 g/mol. The van der Waals surface area contributed by atoms with Gasteiger partial charge < -0.3 is 11.1 Å². The molecule has 3 N–H and O–H groups in total. The Hall–Kier alpha value is -1.39. The molecule has 0 spiro atoms. The SMILES string of the molecule is [3H]CCC(C)(C)C(=O)CCC(=O)NCC(N)=O. The molecule has 0 aromatic carbocycles. The highest BCUT2D eigenvalue weighted by Crippen LogP contribution is 2.23. The van der Waals surface area contributed by atoms with E-state index >= 15 is 0 Å². The van der Waals surface area contributed by atoms with Crippen molar-refractivity contribution in [1.82, 2.24) is 5.32 Å². The van der Waals surface area contributed by atoms with E-state index in [1.165, 1.54) is 0 Å². The predicted molar refractivity (Wildman–Crippen MR) is 60.5 cm³/mol. The second-order valence-corrected chi connectivity index (χ2v) is 4.30. The minimum atomic E-state index is -0.612. The van der Waals surface area contributed by atoms with Crippen LogP contribution >= 0.6 is 0 Å². The summed E-state index contributed by atoms with van der Waals surface area (Å²) >= 11 is 0. The number of Topliss-reactive ketones (excluding diaryl/α,β-unsaturated/α-hetero) is 1. The summed E-state index contributed by atoms with van der Waals surface area (Å²) in [4.78, 5) is 33.4. The lowest BCUT2D eigenvalue weighted by atomic mass is 9.83. The van der Waals surface area contributed by atoms with Crippen molar-refractivity contribution >= 4 is 17.6 Å². The van der Waals surface area contributed by atoms with Gasteiger partial charge in [-0.2, -0.15) is 0 Å². The molecule has 0 aliphatic rings. The first-order valence-corrected chi connectivity index (χ1v) is 5.17. The van der Waals surface area contributed by atoms with E-state index in [0.717, 1.165) is 0 Å². The van der Waals surface area contributed by atoms with Crippen LogP contribution in [0.15, 0.2) is 0 Å². The van der Waals surface area contributed by atoms with Crippen molar-refractivity contribution in [3.05, 3.63) is 0 Å². The van der Waals surface area contributed by atoms with Gasteiger partial charge in [-0.3, -0.25) is 14.4 Å². The molecule has 0 rings (SSSR count). The number of nitrogens with two attached hydrogens (primary N) is 1. The number of hydrogen-bond donors (Lipinski definition) is 2. The fourth-order valence-corrected chi connectivity index (χ4v) is 0.979. The summed E-state index contributed by atoms with van der Waals surface area (Å²) in [6.45, 7) is 3.52. The third-order valence-corrected chi connectivity index (χ3v) is 2.42. The molecule has 0 fully saturated rings. The zero-order chi connectivity index (χ0) is 13.5. The highest BCUT2D eigenvalue weighted by atomic mass is 16.2. The van der Waals surface area contributed by atoms with E-state index in [1.807, 2.05) is 0 Å². The first-order valence-electron chi connectivity index (χ1n) is 5.88. The summed E-state index contributed by atoms with van der Waals surface area (Å²) in [6, 6.07) is 0. The molecule has 0 saturated carbocycles. The van der Waals surface area contributed by atoms with E-state index < -0.39 is 11.3 Å². The van der Waals surface area contributed by atoms with Crippen molar-refractivity contribution < 1.29 is 15.8 Å². The molecule has 0 heterocycles. The standard InChI is InChI=1S/C11H20N2O3/c1-4-11(2,3)8(14)5-6-10(16)13-7-9(12)15/h4-7H2,1-3H3,(H2,12,15)(H,13,16)/i1T. The van der Waals surface area contributed by atoms with Gasteiger partial charge in [0.2, 0.25) is 11.8 Å². The van der Waals surface area contributed by atoms with Crippen LogP contribution in [-0.4, -0.2) is 24.1 Å². The molecule has 0 saturated heterocycles. The van der Waals surface area contributed by atoms with Crippen molar-refractivity contribution in [2.75, 3.05) is 6.54 Å². The Kier molecular flexibility index (Phi) is 4.95. The van der Waals surface area contributed by atoms with Crippen molar-refractivity contribution in [2.24, 2.45) is 11.1 Å². The van der Waals surface area contributed by atoms with Crippen LogP contribution in [-0.2, 0) is 14.4 Å². The van der Waals surface area contributed by atoms with Gasteiger partial charge in [0.25, 0.3) is 0 Å². The lowest BCUT2D eigenvalue weighted by Crippen LogP contribution is -2.34. The Morgan fingerprint density at radius 2 is 1.94 bits per heavy atom. The molecule has 16 heavy (non-hydrogen) atoms. The third kappa shape index (κ3) is 5.48. The molecule has 5 heteroatoms. The van der Waals surface area contributed by atoms with E-state index in [9.17, 15) is 14.4 Å². The number of amides is 2. The first-order chi connectivity index (χ1) is 7.79. The van der Waals surface area contributed by atoms with Crippen molar-refractivity contribution in [2.45, 2.75) is 40.0 Å². The van der Waals surface area contributed by atoms with Crippen LogP contribution in [0.4, 0.5) is 0 Å². The number of carbonyl (C=O) groups excluding carboxylic acids is 3. The van der Waals surface area contributed by atoms with Gasteiger partial charge in [-0.15, -0.1) is 0 Å². The van der Waals surface area contributed by atoms with Crippen molar-refractivity contribution in [3.63, 3.8) is 0 Å². The third-order valence-electron chi connectivity index (χ3n) is 2.42. The number of nitrogens with one attached hydrogen (secondary N) is 1. The summed E-state index contributed by atoms with van der Waals surface area (Å²) in [5, 5.41) is 2.32. The Labute approximate surface area is 97.2 Å². The minimum Gasteiger partial charge on any atom is -0.368 e. The molecule has 0 unspecified atom stereocenters. The lowest BCUT2D eigenvalue weighted by Gasteiger charge is -2.20. The maximum atomic E-state index is 11.7. The van der Waals surface area contributed by atoms with Gasteiger partial charge in [-0.05, 0) is 6.42 Å². The summed E-state index contributed by atoms with van der Waals surface area (Å²) < 4.78 is 7.10.